The quantitative estimate of drug-likeness (QED) is 0.792. The molecule has 2 nitrogen and oxygen atoms in total. The number of nitriles is 1. The monoisotopic (exact) mass is 262 g/mol. The van der Waals surface area contributed by atoms with Crippen molar-refractivity contribution in [3.63, 3.8) is 0 Å². The minimum absolute atomic E-state index is 0.0773. The van der Waals surface area contributed by atoms with E-state index in [2.05, 4.69) is 37.8 Å². The van der Waals surface area contributed by atoms with Crippen LogP contribution in [0.2, 0.25) is 5.02 Å². The Kier molecular flexibility index (Phi) is 3.54. The van der Waals surface area contributed by atoms with Gasteiger partial charge in [0.1, 0.15) is 0 Å². The van der Waals surface area contributed by atoms with E-state index in [0.29, 0.717) is 12.3 Å². The Morgan fingerprint density at radius 1 is 1.50 bits per heavy atom. The second-order valence-corrected chi connectivity index (χ2v) is 6.12. The summed E-state index contributed by atoms with van der Waals surface area (Å²) in [6, 6.07) is 8.35. The van der Waals surface area contributed by atoms with Gasteiger partial charge >= 0.3 is 0 Å². The molecule has 2 rings (SSSR count). The Morgan fingerprint density at radius 2 is 2.22 bits per heavy atom. The Hall–Kier alpha value is -1.20. The predicted molar refractivity (Wildman–Crippen MR) is 76.1 cm³/mol. The summed E-state index contributed by atoms with van der Waals surface area (Å²) in [4.78, 5) is 2.33. The van der Waals surface area contributed by atoms with Crippen molar-refractivity contribution in [2.75, 3.05) is 11.4 Å². The summed E-state index contributed by atoms with van der Waals surface area (Å²) in [5, 5.41) is 9.58. The SMILES string of the molecule is CC1CC(C)(C)N(CCC#N)c2cc(Cl)ccc21. The molecular formula is C15H19ClN2. The molecule has 1 unspecified atom stereocenters. The van der Waals surface area contributed by atoms with E-state index in [0.717, 1.165) is 18.0 Å². The summed E-state index contributed by atoms with van der Waals surface area (Å²) in [7, 11) is 0. The van der Waals surface area contributed by atoms with Gasteiger partial charge in [0.25, 0.3) is 0 Å². The predicted octanol–water partition coefficient (Wildman–Crippen LogP) is 4.35. The fraction of sp³-hybridized carbons (Fsp3) is 0.533. The van der Waals surface area contributed by atoms with E-state index < -0.39 is 0 Å². The first-order chi connectivity index (χ1) is 8.45. The van der Waals surface area contributed by atoms with E-state index in [1.165, 1.54) is 11.3 Å². The lowest BCUT2D eigenvalue weighted by atomic mass is 9.80. The molecule has 18 heavy (non-hydrogen) atoms. The van der Waals surface area contributed by atoms with Crippen LogP contribution in [-0.4, -0.2) is 12.1 Å². The van der Waals surface area contributed by atoms with E-state index in [-0.39, 0.29) is 5.54 Å². The first-order valence-electron chi connectivity index (χ1n) is 6.40. The molecule has 0 aliphatic carbocycles. The lowest BCUT2D eigenvalue weighted by Gasteiger charge is -2.47. The molecule has 0 aromatic heterocycles. The minimum atomic E-state index is 0.0773. The highest BCUT2D eigenvalue weighted by Crippen LogP contribution is 2.44. The average Bonchev–Trinajstić information content (AvgIpc) is 2.27. The fourth-order valence-electron chi connectivity index (χ4n) is 3.05. The molecule has 96 valence electrons. The highest BCUT2D eigenvalue weighted by molar-refractivity contribution is 6.30. The topological polar surface area (TPSA) is 27.0 Å². The number of hydrogen-bond donors (Lipinski definition) is 0. The van der Waals surface area contributed by atoms with Crippen LogP contribution >= 0.6 is 11.6 Å². The molecule has 1 aromatic rings. The molecule has 0 N–H and O–H groups in total. The van der Waals surface area contributed by atoms with Crippen molar-refractivity contribution in [1.82, 2.24) is 0 Å². The van der Waals surface area contributed by atoms with Gasteiger partial charge in [-0.1, -0.05) is 24.6 Å². The zero-order chi connectivity index (χ0) is 13.3. The molecule has 0 saturated carbocycles. The van der Waals surface area contributed by atoms with E-state index >= 15 is 0 Å². The molecule has 1 atom stereocenters. The van der Waals surface area contributed by atoms with Crippen LogP contribution in [0.4, 0.5) is 5.69 Å². The van der Waals surface area contributed by atoms with E-state index in [4.69, 9.17) is 16.9 Å². The Bertz CT molecular complexity index is 488. The van der Waals surface area contributed by atoms with Gasteiger partial charge in [0, 0.05) is 22.8 Å². The van der Waals surface area contributed by atoms with Gasteiger partial charge in [-0.3, -0.25) is 0 Å². The van der Waals surface area contributed by atoms with Crippen LogP contribution in [0.25, 0.3) is 0 Å². The number of fused-ring (bicyclic) bond motifs is 1. The zero-order valence-electron chi connectivity index (χ0n) is 11.2. The second-order valence-electron chi connectivity index (χ2n) is 5.68. The maximum atomic E-state index is 8.82. The summed E-state index contributed by atoms with van der Waals surface area (Å²) in [5.41, 5.74) is 2.62. The number of benzene rings is 1. The van der Waals surface area contributed by atoms with Gasteiger partial charge in [0.15, 0.2) is 0 Å². The van der Waals surface area contributed by atoms with Crippen molar-refractivity contribution in [1.29, 1.82) is 5.26 Å². The van der Waals surface area contributed by atoms with Crippen LogP contribution in [0.15, 0.2) is 18.2 Å². The lowest BCUT2D eigenvalue weighted by Crippen LogP contribution is -2.48. The van der Waals surface area contributed by atoms with Crippen molar-refractivity contribution >= 4 is 17.3 Å². The van der Waals surface area contributed by atoms with Crippen LogP contribution in [0.5, 0.6) is 0 Å². The highest BCUT2D eigenvalue weighted by atomic mass is 35.5. The lowest BCUT2D eigenvalue weighted by molar-refractivity contribution is 0.378. The molecule has 1 aromatic carbocycles. The van der Waals surface area contributed by atoms with Gasteiger partial charge in [-0.2, -0.15) is 5.26 Å². The minimum Gasteiger partial charge on any atom is -0.365 e. The fourth-order valence-corrected chi connectivity index (χ4v) is 3.21. The molecule has 0 saturated heterocycles. The average molecular weight is 263 g/mol. The number of halogens is 1. The highest BCUT2D eigenvalue weighted by Gasteiger charge is 2.35. The molecule has 0 fully saturated rings. The Labute approximate surface area is 114 Å². The standard InChI is InChI=1S/C15H19ClN2/c1-11-10-15(2,3)18(8-4-7-17)14-9-12(16)5-6-13(11)14/h5-6,9,11H,4,8,10H2,1-3H3. The molecule has 3 heteroatoms. The second kappa shape index (κ2) is 4.82. The van der Waals surface area contributed by atoms with Crippen molar-refractivity contribution in [2.24, 2.45) is 0 Å². The maximum Gasteiger partial charge on any atom is 0.0640 e. The normalized spacial score (nSPS) is 21.3. The number of rotatable bonds is 2. The number of anilines is 1. The van der Waals surface area contributed by atoms with Crippen molar-refractivity contribution in [3.8, 4) is 6.07 Å². The molecule has 0 spiro atoms. The molecule has 1 aliphatic heterocycles. The van der Waals surface area contributed by atoms with Crippen molar-refractivity contribution < 1.29 is 0 Å². The number of hydrogen-bond acceptors (Lipinski definition) is 2. The van der Waals surface area contributed by atoms with E-state index in [1.807, 2.05) is 12.1 Å². The van der Waals surface area contributed by atoms with Gasteiger partial charge < -0.3 is 4.90 Å². The number of nitrogens with zero attached hydrogens (tertiary/aromatic N) is 2. The zero-order valence-corrected chi connectivity index (χ0v) is 12.0. The third-order valence-electron chi connectivity index (χ3n) is 3.80. The van der Waals surface area contributed by atoms with Crippen molar-refractivity contribution in [2.45, 2.75) is 45.1 Å². The van der Waals surface area contributed by atoms with E-state index in [9.17, 15) is 0 Å². The maximum absolute atomic E-state index is 8.82. The van der Waals surface area contributed by atoms with Gasteiger partial charge in [0.2, 0.25) is 0 Å². The first-order valence-corrected chi connectivity index (χ1v) is 6.77. The summed E-state index contributed by atoms with van der Waals surface area (Å²) < 4.78 is 0. The van der Waals surface area contributed by atoms with Crippen LogP contribution in [0, 0.1) is 11.3 Å². The van der Waals surface area contributed by atoms with Crippen LogP contribution in [-0.2, 0) is 0 Å². The molecule has 0 amide bonds. The third kappa shape index (κ3) is 2.33. The van der Waals surface area contributed by atoms with Gasteiger partial charge in [-0.05, 0) is 43.9 Å². The molecular weight excluding hydrogens is 244 g/mol. The molecule has 0 radical (unpaired) electrons. The molecule has 1 aliphatic rings. The third-order valence-corrected chi connectivity index (χ3v) is 4.03. The molecule has 1 heterocycles. The van der Waals surface area contributed by atoms with E-state index in [1.54, 1.807) is 0 Å². The summed E-state index contributed by atoms with van der Waals surface area (Å²) in [6.07, 6.45) is 1.65. The molecule has 0 bridgehead atoms. The van der Waals surface area contributed by atoms with Crippen molar-refractivity contribution in [3.05, 3.63) is 28.8 Å². The van der Waals surface area contributed by atoms with Gasteiger partial charge in [-0.15, -0.1) is 0 Å². The van der Waals surface area contributed by atoms with Gasteiger partial charge in [-0.25, -0.2) is 0 Å². The summed E-state index contributed by atoms with van der Waals surface area (Å²) in [6.45, 7) is 7.51. The van der Waals surface area contributed by atoms with Crippen LogP contribution in [0.3, 0.4) is 0 Å². The smallest absolute Gasteiger partial charge is 0.0640 e. The Morgan fingerprint density at radius 3 is 2.89 bits per heavy atom. The summed E-state index contributed by atoms with van der Waals surface area (Å²) >= 11 is 6.13. The van der Waals surface area contributed by atoms with Crippen LogP contribution in [0.1, 0.15) is 45.1 Å². The van der Waals surface area contributed by atoms with Gasteiger partial charge in [0.05, 0.1) is 12.5 Å². The largest absolute Gasteiger partial charge is 0.365 e. The van der Waals surface area contributed by atoms with Crippen LogP contribution < -0.4 is 4.90 Å². The summed E-state index contributed by atoms with van der Waals surface area (Å²) in [5.74, 6) is 0.533. The first kappa shape index (κ1) is 13.2. The Balaban J connectivity index is 2.46.